The molecule has 184 valence electrons. The van der Waals surface area contributed by atoms with Crippen LogP contribution in [-0.2, 0) is 4.79 Å². The number of benzene rings is 1. The Hall–Kier alpha value is -1.99. The lowest BCUT2D eigenvalue weighted by Gasteiger charge is -2.46. The average molecular weight is 469 g/mol. The van der Waals surface area contributed by atoms with Gasteiger partial charge in [0.2, 0.25) is 0 Å². The van der Waals surface area contributed by atoms with Gasteiger partial charge in [-0.2, -0.15) is 0 Å². The normalized spacial score (nSPS) is 30.4. The number of ether oxygens (including phenoxy) is 1. The fourth-order valence-electron chi connectivity index (χ4n) is 6.64. The minimum atomic E-state index is -1.73. The molecule has 1 saturated carbocycles. The molecule has 2 atom stereocenters. The number of likely N-dealkylation sites (tertiary alicyclic amines) is 2. The highest BCUT2D eigenvalue weighted by Crippen LogP contribution is 2.47. The highest BCUT2D eigenvalue weighted by molar-refractivity contribution is 6.02. The smallest absolute Gasteiger partial charge is 0.260 e. The highest BCUT2D eigenvalue weighted by Gasteiger charge is 2.50. The molecule has 1 aromatic rings. The van der Waals surface area contributed by atoms with Crippen molar-refractivity contribution in [1.29, 1.82) is 5.41 Å². The molecule has 2 unspecified atom stereocenters. The maximum Gasteiger partial charge on any atom is 0.260 e. The lowest BCUT2D eigenvalue weighted by atomic mass is 9.81. The van der Waals surface area contributed by atoms with Gasteiger partial charge in [0.15, 0.2) is 5.67 Å². The first-order valence-corrected chi connectivity index (χ1v) is 13.1. The van der Waals surface area contributed by atoms with Gasteiger partial charge in [0.1, 0.15) is 11.4 Å². The molecule has 1 aromatic carbocycles. The average Bonchev–Trinajstić information content (AvgIpc) is 3.53. The number of amides is 1. The zero-order valence-corrected chi connectivity index (χ0v) is 20.2. The van der Waals surface area contributed by atoms with Crippen molar-refractivity contribution in [3.8, 4) is 5.75 Å². The predicted octanol–water partition coefficient (Wildman–Crippen LogP) is 3.17. The summed E-state index contributed by atoms with van der Waals surface area (Å²) in [4.78, 5) is 17.3. The number of hydrogen-bond donors (Lipinski definition) is 2. The molecule has 1 aliphatic carbocycles. The Morgan fingerprint density at radius 2 is 1.91 bits per heavy atom. The Morgan fingerprint density at radius 1 is 1.18 bits per heavy atom. The topological polar surface area (TPSA) is 68.7 Å². The second-order valence-corrected chi connectivity index (χ2v) is 11.6. The number of carbonyl (C=O) groups is 1. The van der Waals surface area contributed by atoms with Crippen LogP contribution in [0.2, 0.25) is 0 Å². The molecule has 3 saturated heterocycles. The van der Waals surface area contributed by atoms with Crippen molar-refractivity contribution in [2.75, 3.05) is 45.8 Å². The molecule has 4 aliphatic heterocycles. The monoisotopic (exact) mass is 468 g/mol. The van der Waals surface area contributed by atoms with E-state index in [0.717, 1.165) is 41.2 Å². The molecule has 4 heterocycles. The number of piperidine rings is 2. The molecule has 6 rings (SSSR count). The van der Waals surface area contributed by atoms with E-state index >= 15 is 4.39 Å². The van der Waals surface area contributed by atoms with Gasteiger partial charge >= 0.3 is 0 Å². The third kappa shape index (κ3) is 4.05. The number of fused-ring (bicyclic) bond motifs is 1. The van der Waals surface area contributed by atoms with Gasteiger partial charge in [0.25, 0.3) is 5.91 Å². The summed E-state index contributed by atoms with van der Waals surface area (Å²) < 4.78 is 22.2. The van der Waals surface area contributed by atoms with Crippen molar-refractivity contribution in [1.82, 2.24) is 15.1 Å². The van der Waals surface area contributed by atoms with Crippen molar-refractivity contribution in [2.45, 2.75) is 56.7 Å². The Bertz CT molecular complexity index is 977. The quantitative estimate of drug-likeness (QED) is 0.712. The molecule has 6 nitrogen and oxygen atoms in total. The number of carbonyl (C=O) groups excluding carboxylic acids is 1. The lowest BCUT2D eigenvalue weighted by Crippen LogP contribution is -2.57. The van der Waals surface area contributed by atoms with E-state index in [1.807, 2.05) is 25.1 Å². The summed E-state index contributed by atoms with van der Waals surface area (Å²) in [5, 5.41) is 11.9. The second kappa shape index (κ2) is 8.30. The lowest BCUT2D eigenvalue weighted by molar-refractivity contribution is -0.151. The number of halogens is 1. The van der Waals surface area contributed by atoms with Crippen LogP contribution in [0.5, 0.6) is 5.75 Å². The van der Waals surface area contributed by atoms with Gasteiger partial charge in [-0.05, 0) is 56.3 Å². The van der Waals surface area contributed by atoms with Gasteiger partial charge in [0, 0.05) is 76.1 Å². The van der Waals surface area contributed by atoms with Crippen LogP contribution in [0.15, 0.2) is 18.2 Å². The van der Waals surface area contributed by atoms with Gasteiger partial charge in [-0.1, -0.05) is 11.6 Å². The predicted molar refractivity (Wildman–Crippen MR) is 129 cm³/mol. The Balaban J connectivity index is 1.02. The number of nitrogens with zero attached hydrogens (tertiary/aromatic N) is 2. The van der Waals surface area contributed by atoms with E-state index in [0.29, 0.717) is 64.0 Å². The largest absolute Gasteiger partial charge is 0.486 e. The summed E-state index contributed by atoms with van der Waals surface area (Å²) in [5.74, 6) is 2.93. The van der Waals surface area contributed by atoms with Crippen LogP contribution in [0.3, 0.4) is 0 Å². The van der Waals surface area contributed by atoms with Crippen LogP contribution in [0.1, 0.15) is 49.7 Å². The van der Waals surface area contributed by atoms with E-state index in [1.54, 1.807) is 4.90 Å². The van der Waals surface area contributed by atoms with E-state index in [9.17, 15) is 4.79 Å². The summed E-state index contributed by atoms with van der Waals surface area (Å²) in [6.07, 6.45) is 3.79. The molecule has 7 heteroatoms. The molecular weight excluding hydrogens is 431 g/mol. The molecular formula is C27H37FN4O2. The molecule has 1 amide bonds. The van der Waals surface area contributed by atoms with Crippen LogP contribution in [0.4, 0.5) is 4.39 Å². The van der Waals surface area contributed by atoms with Gasteiger partial charge in [0.05, 0.1) is 0 Å². The fraction of sp³-hybridized carbons (Fsp3) is 0.704. The molecule has 34 heavy (non-hydrogen) atoms. The maximum absolute atomic E-state index is 15.8. The van der Waals surface area contributed by atoms with E-state index in [2.05, 4.69) is 10.2 Å². The molecule has 1 spiro atoms. The van der Waals surface area contributed by atoms with Crippen LogP contribution < -0.4 is 10.1 Å². The van der Waals surface area contributed by atoms with Crippen molar-refractivity contribution in [3.05, 3.63) is 29.3 Å². The minimum Gasteiger partial charge on any atom is -0.486 e. The zero-order chi connectivity index (χ0) is 23.5. The first-order chi connectivity index (χ1) is 16.3. The summed E-state index contributed by atoms with van der Waals surface area (Å²) in [6.45, 7) is 7.80. The molecule has 0 bridgehead atoms. The van der Waals surface area contributed by atoms with Crippen molar-refractivity contribution in [2.24, 2.45) is 17.8 Å². The number of rotatable bonds is 4. The third-order valence-corrected chi connectivity index (χ3v) is 9.17. The van der Waals surface area contributed by atoms with Crippen LogP contribution in [0, 0.1) is 30.1 Å². The Labute approximate surface area is 201 Å². The summed E-state index contributed by atoms with van der Waals surface area (Å²) in [6, 6.07) is 5.97. The zero-order valence-electron chi connectivity index (χ0n) is 20.2. The maximum atomic E-state index is 15.8. The highest BCUT2D eigenvalue weighted by atomic mass is 19.1. The van der Waals surface area contributed by atoms with E-state index in [4.69, 9.17) is 10.1 Å². The van der Waals surface area contributed by atoms with Crippen molar-refractivity contribution in [3.63, 3.8) is 0 Å². The fourth-order valence-corrected chi connectivity index (χ4v) is 6.64. The summed E-state index contributed by atoms with van der Waals surface area (Å²) in [5.41, 5.74) is 0.424. The first-order valence-electron chi connectivity index (χ1n) is 13.1. The Kier molecular flexibility index (Phi) is 5.49. The number of hydrogen-bond acceptors (Lipinski definition) is 5. The van der Waals surface area contributed by atoms with Crippen LogP contribution in [0.25, 0.3) is 0 Å². The van der Waals surface area contributed by atoms with E-state index in [1.165, 1.54) is 19.5 Å². The van der Waals surface area contributed by atoms with E-state index in [-0.39, 0.29) is 5.91 Å². The van der Waals surface area contributed by atoms with Crippen LogP contribution in [-0.4, -0.2) is 78.5 Å². The number of nitrogens with one attached hydrogen (secondary N) is 2. The molecule has 4 fully saturated rings. The van der Waals surface area contributed by atoms with Crippen molar-refractivity contribution >= 4 is 11.6 Å². The standard InChI is InChI=1S/C27H37FN4O2/c1-18-2-3-24-22(12-18)23(29)14-26(34-24)4-10-32(11-5-26)25(33)27(28)6-8-31(9-7-27)17-19-13-21(19)20-15-30-16-20/h2-3,12,19-21,29-30H,4-11,13-17H2,1H3. The summed E-state index contributed by atoms with van der Waals surface area (Å²) in [7, 11) is 0. The number of aryl methyl sites for hydroxylation is 1. The molecule has 5 aliphatic rings. The third-order valence-electron chi connectivity index (χ3n) is 9.17. The van der Waals surface area contributed by atoms with Crippen LogP contribution >= 0.6 is 0 Å². The van der Waals surface area contributed by atoms with E-state index < -0.39 is 11.3 Å². The second-order valence-electron chi connectivity index (χ2n) is 11.6. The van der Waals surface area contributed by atoms with Gasteiger partial charge < -0.3 is 25.3 Å². The van der Waals surface area contributed by atoms with Gasteiger partial charge in [-0.15, -0.1) is 0 Å². The summed E-state index contributed by atoms with van der Waals surface area (Å²) >= 11 is 0. The molecule has 0 aromatic heterocycles. The Morgan fingerprint density at radius 3 is 2.59 bits per heavy atom. The molecule has 0 radical (unpaired) electrons. The minimum absolute atomic E-state index is 0.309. The van der Waals surface area contributed by atoms with Gasteiger partial charge in [-0.25, -0.2) is 4.39 Å². The van der Waals surface area contributed by atoms with Crippen molar-refractivity contribution < 1.29 is 13.9 Å². The van der Waals surface area contributed by atoms with Gasteiger partial charge in [-0.3, -0.25) is 4.79 Å². The SMILES string of the molecule is Cc1ccc2c(c1)C(=N)CC1(CCN(C(=O)C3(F)CCN(CC4CC4C4CNC4)CC3)CC1)O2. The number of alkyl halides is 1. The molecule has 2 N–H and O–H groups in total. The first kappa shape index (κ1) is 22.5.